The number of nitrogens with zero attached hydrogens (tertiary/aromatic N) is 1. The summed E-state index contributed by atoms with van der Waals surface area (Å²) in [5.74, 6) is 0.776. The van der Waals surface area contributed by atoms with Crippen LogP contribution in [0.25, 0.3) is 10.9 Å². The zero-order valence-electron chi connectivity index (χ0n) is 15.5. The number of H-pyrrole nitrogens is 1. The molecule has 2 heterocycles. The van der Waals surface area contributed by atoms with Gasteiger partial charge in [-0.2, -0.15) is 0 Å². The molecule has 0 aliphatic heterocycles. The second kappa shape index (κ2) is 8.38. The van der Waals surface area contributed by atoms with E-state index in [1.165, 1.54) is 0 Å². The largest absolute Gasteiger partial charge is 0.497 e. The molecule has 9 nitrogen and oxygen atoms in total. The average molecular weight is 384 g/mol. The Kier molecular flexibility index (Phi) is 5.73. The highest BCUT2D eigenvalue weighted by Crippen LogP contribution is 2.19. The fourth-order valence-corrected chi connectivity index (χ4v) is 2.67. The SMILES string of the molecule is COc1ccc2[nH]c(=O)c(CCC(=O)NCC(=O)Nc3cc(C)on3)cc2c1. The number of fused-ring (bicyclic) bond motifs is 1. The van der Waals surface area contributed by atoms with Crippen LogP contribution in [0.5, 0.6) is 5.75 Å². The van der Waals surface area contributed by atoms with Gasteiger partial charge in [-0.1, -0.05) is 5.16 Å². The van der Waals surface area contributed by atoms with Crippen molar-refractivity contribution in [2.45, 2.75) is 19.8 Å². The van der Waals surface area contributed by atoms with Gasteiger partial charge in [0.05, 0.1) is 13.7 Å². The maximum Gasteiger partial charge on any atom is 0.251 e. The number of anilines is 1. The van der Waals surface area contributed by atoms with E-state index < -0.39 is 5.91 Å². The van der Waals surface area contributed by atoms with Crippen LogP contribution >= 0.6 is 0 Å². The molecule has 0 atom stereocenters. The summed E-state index contributed by atoms with van der Waals surface area (Å²) in [5, 5.41) is 9.47. The van der Waals surface area contributed by atoms with Crippen LogP contribution in [-0.4, -0.2) is 35.6 Å². The van der Waals surface area contributed by atoms with Crippen LogP contribution in [0.1, 0.15) is 17.7 Å². The molecule has 0 radical (unpaired) electrons. The first-order chi connectivity index (χ1) is 13.4. The van der Waals surface area contributed by atoms with Crippen molar-refractivity contribution < 1.29 is 18.8 Å². The number of rotatable bonds is 7. The molecule has 2 amide bonds. The van der Waals surface area contributed by atoms with Crippen molar-refractivity contribution in [3.8, 4) is 5.75 Å². The number of benzene rings is 1. The summed E-state index contributed by atoms with van der Waals surface area (Å²) in [6.07, 6.45) is 0.327. The van der Waals surface area contributed by atoms with Gasteiger partial charge in [0.1, 0.15) is 11.5 Å². The molecule has 9 heteroatoms. The van der Waals surface area contributed by atoms with Gasteiger partial charge in [0.15, 0.2) is 5.82 Å². The summed E-state index contributed by atoms with van der Waals surface area (Å²) in [5.41, 5.74) is 0.932. The minimum Gasteiger partial charge on any atom is -0.497 e. The molecule has 0 bridgehead atoms. The first-order valence-corrected chi connectivity index (χ1v) is 8.64. The summed E-state index contributed by atoms with van der Waals surface area (Å²) in [4.78, 5) is 38.7. The second-order valence-corrected chi connectivity index (χ2v) is 6.22. The lowest BCUT2D eigenvalue weighted by Crippen LogP contribution is -2.33. The monoisotopic (exact) mass is 384 g/mol. The van der Waals surface area contributed by atoms with Crippen molar-refractivity contribution in [3.63, 3.8) is 0 Å². The van der Waals surface area contributed by atoms with Crippen LogP contribution in [0.2, 0.25) is 0 Å². The average Bonchev–Trinajstić information content (AvgIpc) is 3.08. The fraction of sp³-hybridized carbons (Fsp3) is 0.263. The maximum absolute atomic E-state index is 12.2. The van der Waals surface area contributed by atoms with E-state index in [4.69, 9.17) is 9.26 Å². The number of amides is 2. The number of aryl methyl sites for hydroxylation is 2. The maximum atomic E-state index is 12.2. The summed E-state index contributed by atoms with van der Waals surface area (Å²) in [6.45, 7) is 1.50. The van der Waals surface area contributed by atoms with Crippen LogP contribution in [0.4, 0.5) is 5.82 Å². The topological polar surface area (TPSA) is 126 Å². The van der Waals surface area contributed by atoms with Gasteiger partial charge in [0, 0.05) is 29.0 Å². The minimum absolute atomic E-state index is 0.0783. The molecule has 3 rings (SSSR count). The lowest BCUT2D eigenvalue weighted by Gasteiger charge is -2.07. The summed E-state index contributed by atoms with van der Waals surface area (Å²) in [7, 11) is 1.57. The number of carbonyl (C=O) groups excluding carboxylic acids is 2. The Hall–Kier alpha value is -3.62. The predicted molar refractivity (Wildman–Crippen MR) is 102 cm³/mol. The first kappa shape index (κ1) is 19.2. The molecule has 0 aliphatic rings. The van der Waals surface area contributed by atoms with Gasteiger partial charge in [0.25, 0.3) is 5.56 Å². The van der Waals surface area contributed by atoms with E-state index in [1.807, 2.05) is 6.07 Å². The highest BCUT2D eigenvalue weighted by molar-refractivity contribution is 5.93. The molecule has 0 fully saturated rings. The van der Waals surface area contributed by atoms with Crippen LogP contribution in [-0.2, 0) is 16.0 Å². The molecular formula is C19H20N4O5. The van der Waals surface area contributed by atoms with E-state index in [0.29, 0.717) is 22.6 Å². The Balaban J connectivity index is 1.54. The Labute approximate surface area is 160 Å². The third-order valence-corrected chi connectivity index (χ3v) is 4.09. The standard InChI is InChI=1S/C19H20N4O5/c1-11-7-16(23-28-11)22-18(25)10-20-17(24)6-3-12-8-13-9-14(27-2)4-5-15(13)21-19(12)26/h4-5,7-9H,3,6,10H2,1-2H3,(H,20,24)(H,21,26)(H,22,23,25). The molecule has 28 heavy (non-hydrogen) atoms. The van der Waals surface area contributed by atoms with Crippen molar-refractivity contribution in [3.05, 3.63) is 52.0 Å². The molecule has 0 spiro atoms. The van der Waals surface area contributed by atoms with Crippen molar-refractivity contribution in [1.29, 1.82) is 0 Å². The molecular weight excluding hydrogens is 364 g/mol. The molecule has 0 unspecified atom stereocenters. The van der Waals surface area contributed by atoms with E-state index in [-0.39, 0.29) is 36.7 Å². The van der Waals surface area contributed by atoms with Gasteiger partial charge >= 0.3 is 0 Å². The number of carbonyl (C=O) groups is 2. The van der Waals surface area contributed by atoms with E-state index in [2.05, 4.69) is 20.8 Å². The normalized spacial score (nSPS) is 10.6. The molecule has 3 N–H and O–H groups in total. The number of aromatic amines is 1. The van der Waals surface area contributed by atoms with Crippen LogP contribution in [0, 0.1) is 6.92 Å². The Morgan fingerprint density at radius 2 is 2.04 bits per heavy atom. The molecule has 0 saturated heterocycles. The zero-order valence-corrected chi connectivity index (χ0v) is 15.5. The Morgan fingerprint density at radius 3 is 2.75 bits per heavy atom. The second-order valence-electron chi connectivity index (χ2n) is 6.22. The zero-order chi connectivity index (χ0) is 20.1. The molecule has 2 aromatic heterocycles. The van der Waals surface area contributed by atoms with Crippen molar-refractivity contribution >= 4 is 28.5 Å². The first-order valence-electron chi connectivity index (χ1n) is 8.64. The Bertz CT molecular complexity index is 1070. The van der Waals surface area contributed by atoms with Crippen molar-refractivity contribution in [2.75, 3.05) is 19.0 Å². The molecule has 3 aromatic rings. The van der Waals surface area contributed by atoms with Crippen LogP contribution in [0.3, 0.4) is 0 Å². The number of hydrogen-bond acceptors (Lipinski definition) is 6. The molecule has 146 valence electrons. The smallest absolute Gasteiger partial charge is 0.251 e. The van der Waals surface area contributed by atoms with Crippen molar-refractivity contribution in [1.82, 2.24) is 15.5 Å². The summed E-state index contributed by atoms with van der Waals surface area (Å²) in [6, 6.07) is 8.65. The lowest BCUT2D eigenvalue weighted by molar-refractivity contribution is -0.124. The highest BCUT2D eigenvalue weighted by atomic mass is 16.5. The van der Waals surface area contributed by atoms with Gasteiger partial charge in [-0.05, 0) is 37.6 Å². The van der Waals surface area contributed by atoms with Crippen LogP contribution < -0.4 is 20.9 Å². The van der Waals surface area contributed by atoms with E-state index in [0.717, 1.165) is 5.39 Å². The van der Waals surface area contributed by atoms with E-state index >= 15 is 0 Å². The number of nitrogens with one attached hydrogen (secondary N) is 3. The lowest BCUT2D eigenvalue weighted by atomic mass is 10.1. The minimum atomic E-state index is -0.419. The highest BCUT2D eigenvalue weighted by Gasteiger charge is 2.10. The molecule has 0 saturated carbocycles. The Morgan fingerprint density at radius 1 is 1.21 bits per heavy atom. The third kappa shape index (κ3) is 4.76. The summed E-state index contributed by atoms with van der Waals surface area (Å²) < 4.78 is 10.0. The number of methoxy groups -OCH3 is 1. The third-order valence-electron chi connectivity index (χ3n) is 4.09. The van der Waals surface area contributed by atoms with Gasteiger partial charge in [-0.25, -0.2) is 0 Å². The van der Waals surface area contributed by atoms with E-state index in [1.54, 1.807) is 38.3 Å². The van der Waals surface area contributed by atoms with Gasteiger partial charge < -0.3 is 24.9 Å². The van der Waals surface area contributed by atoms with Crippen LogP contribution in [0.15, 0.2) is 39.6 Å². The van der Waals surface area contributed by atoms with Gasteiger partial charge in [-0.3, -0.25) is 14.4 Å². The number of hydrogen-bond donors (Lipinski definition) is 3. The number of ether oxygens (including phenoxy) is 1. The molecule has 0 aliphatic carbocycles. The van der Waals surface area contributed by atoms with E-state index in [9.17, 15) is 14.4 Å². The number of aromatic nitrogens is 2. The van der Waals surface area contributed by atoms with Crippen molar-refractivity contribution in [2.24, 2.45) is 0 Å². The molecule has 1 aromatic carbocycles. The van der Waals surface area contributed by atoms with Gasteiger partial charge in [0.2, 0.25) is 11.8 Å². The summed E-state index contributed by atoms with van der Waals surface area (Å²) >= 11 is 0. The number of pyridine rings is 1. The van der Waals surface area contributed by atoms with Gasteiger partial charge in [-0.15, -0.1) is 0 Å². The quantitative estimate of drug-likeness (QED) is 0.567. The fourth-order valence-electron chi connectivity index (χ4n) is 2.67. The predicted octanol–water partition coefficient (Wildman–Crippen LogP) is 1.52.